The van der Waals surface area contributed by atoms with E-state index in [0.29, 0.717) is 24.5 Å². The number of carbonyl (C=O) groups is 1. The van der Waals surface area contributed by atoms with Crippen LogP contribution in [-0.2, 0) is 13.6 Å². The maximum Gasteiger partial charge on any atom is 0.251 e. The molecule has 5 heteroatoms. The maximum absolute atomic E-state index is 12.2. The van der Waals surface area contributed by atoms with Gasteiger partial charge in [-0.2, -0.15) is 5.10 Å². The fourth-order valence-corrected chi connectivity index (χ4v) is 2.24. The highest BCUT2D eigenvalue weighted by atomic mass is 16.5. The molecule has 0 atom stereocenters. The first-order valence-electron chi connectivity index (χ1n) is 7.03. The summed E-state index contributed by atoms with van der Waals surface area (Å²) < 4.78 is 7.23. The Balaban J connectivity index is 2.06. The lowest BCUT2D eigenvalue weighted by molar-refractivity contribution is 0.0950. The van der Waals surface area contributed by atoms with E-state index < -0.39 is 0 Å². The van der Waals surface area contributed by atoms with Gasteiger partial charge in [-0.3, -0.25) is 9.48 Å². The van der Waals surface area contributed by atoms with Gasteiger partial charge in [0.2, 0.25) is 0 Å². The summed E-state index contributed by atoms with van der Waals surface area (Å²) in [6, 6.07) is 7.19. The van der Waals surface area contributed by atoms with Crippen molar-refractivity contribution in [3.8, 4) is 5.75 Å². The third-order valence-electron chi connectivity index (χ3n) is 3.49. The topological polar surface area (TPSA) is 56.1 Å². The molecule has 1 heterocycles. The Labute approximate surface area is 124 Å². The van der Waals surface area contributed by atoms with Gasteiger partial charge >= 0.3 is 0 Å². The summed E-state index contributed by atoms with van der Waals surface area (Å²) in [6.07, 6.45) is 0. The van der Waals surface area contributed by atoms with Crippen LogP contribution in [0.3, 0.4) is 0 Å². The number of ether oxygens (including phenoxy) is 1. The number of benzene rings is 1. The SMILES string of the molecule is CCOc1cccc(C(=O)NCc2c(C)nn(C)c2C)c1. The molecular weight excluding hydrogens is 266 g/mol. The fourth-order valence-electron chi connectivity index (χ4n) is 2.24. The monoisotopic (exact) mass is 287 g/mol. The molecule has 0 radical (unpaired) electrons. The molecule has 1 N–H and O–H groups in total. The number of aromatic nitrogens is 2. The molecule has 0 aliphatic rings. The first-order chi connectivity index (χ1) is 10.0. The normalized spacial score (nSPS) is 10.5. The van der Waals surface area contributed by atoms with E-state index in [1.807, 2.05) is 44.6 Å². The zero-order valence-electron chi connectivity index (χ0n) is 12.9. The van der Waals surface area contributed by atoms with Crippen molar-refractivity contribution in [3.05, 3.63) is 46.8 Å². The number of rotatable bonds is 5. The van der Waals surface area contributed by atoms with Crippen molar-refractivity contribution in [1.82, 2.24) is 15.1 Å². The van der Waals surface area contributed by atoms with Crippen LogP contribution in [0.2, 0.25) is 0 Å². The molecule has 5 nitrogen and oxygen atoms in total. The van der Waals surface area contributed by atoms with E-state index in [-0.39, 0.29) is 5.91 Å². The minimum atomic E-state index is -0.112. The highest BCUT2D eigenvalue weighted by Crippen LogP contribution is 2.14. The number of nitrogens with zero attached hydrogens (tertiary/aromatic N) is 2. The van der Waals surface area contributed by atoms with E-state index in [1.54, 1.807) is 12.1 Å². The van der Waals surface area contributed by atoms with Crippen LogP contribution in [0, 0.1) is 13.8 Å². The lowest BCUT2D eigenvalue weighted by Gasteiger charge is -2.08. The molecule has 1 amide bonds. The molecule has 112 valence electrons. The lowest BCUT2D eigenvalue weighted by atomic mass is 10.1. The summed E-state index contributed by atoms with van der Waals surface area (Å²) in [7, 11) is 1.90. The van der Waals surface area contributed by atoms with Gasteiger partial charge in [0.15, 0.2) is 0 Å². The molecule has 0 saturated carbocycles. The molecular formula is C16H21N3O2. The first kappa shape index (κ1) is 15.1. The Bertz CT molecular complexity index is 647. The summed E-state index contributed by atoms with van der Waals surface area (Å²) in [5, 5.41) is 7.28. The van der Waals surface area contributed by atoms with Crippen LogP contribution in [0.15, 0.2) is 24.3 Å². The van der Waals surface area contributed by atoms with Gasteiger partial charge in [-0.15, -0.1) is 0 Å². The standard InChI is InChI=1S/C16H21N3O2/c1-5-21-14-8-6-7-13(9-14)16(20)17-10-15-11(2)18-19(4)12(15)3/h6-9H,5,10H2,1-4H3,(H,17,20). The van der Waals surface area contributed by atoms with E-state index in [0.717, 1.165) is 17.0 Å². The third kappa shape index (κ3) is 3.42. The number of hydrogen-bond acceptors (Lipinski definition) is 3. The predicted octanol–water partition coefficient (Wildman–Crippen LogP) is 2.37. The largest absolute Gasteiger partial charge is 0.494 e. The number of nitrogens with one attached hydrogen (secondary N) is 1. The molecule has 0 saturated heterocycles. The number of amides is 1. The Hall–Kier alpha value is -2.30. The van der Waals surface area contributed by atoms with Crippen molar-refractivity contribution >= 4 is 5.91 Å². The van der Waals surface area contributed by atoms with E-state index >= 15 is 0 Å². The molecule has 1 aromatic heterocycles. The van der Waals surface area contributed by atoms with Crippen molar-refractivity contribution in [3.63, 3.8) is 0 Å². The second kappa shape index (κ2) is 6.43. The Morgan fingerprint density at radius 1 is 1.38 bits per heavy atom. The highest BCUT2D eigenvalue weighted by molar-refractivity contribution is 5.94. The van der Waals surface area contributed by atoms with E-state index in [2.05, 4.69) is 10.4 Å². The van der Waals surface area contributed by atoms with Crippen LogP contribution in [0.5, 0.6) is 5.75 Å². The summed E-state index contributed by atoms with van der Waals surface area (Å²) in [5.74, 6) is 0.595. The van der Waals surface area contributed by atoms with E-state index in [1.165, 1.54) is 0 Å². The molecule has 21 heavy (non-hydrogen) atoms. The Kier molecular flexibility index (Phi) is 4.62. The third-order valence-corrected chi connectivity index (χ3v) is 3.49. The molecule has 2 aromatic rings. The molecule has 0 bridgehead atoms. The van der Waals surface area contributed by atoms with Gasteiger partial charge in [0.05, 0.1) is 12.3 Å². The van der Waals surface area contributed by atoms with Gasteiger partial charge in [0.1, 0.15) is 5.75 Å². The second-order valence-corrected chi connectivity index (χ2v) is 4.92. The van der Waals surface area contributed by atoms with Gasteiger partial charge in [0.25, 0.3) is 5.91 Å². The summed E-state index contributed by atoms with van der Waals surface area (Å²) >= 11 is 0. The molecule has 0 spiro atoms. The van der Waals surface area contributed by atoms with Crippen molar-refractivity contribution in [1.29, 1.82) is 0 Å². The highest BCUT2D eigenvalue weighted by Gasteiger charge is 2.12. The summed E-state index contributed by atoms with van der Waals surface area (Å²) in [4.78, 5) is 12.2. The van der Waals surface area contributed by atoms with Crippen LogP contribution in [0.1, 0.15) is 34.2 Å². The molecule has 2 rings (SSSR count). The minimum absolute atomic E-state index is 0.112. The van der Waals surface area contributed by atoms with Crippen molar-refractivity contribution in [2.75, 3.05) is 6.61 Å². The van der Waals surface area contributed by atoms with Crippen LogP contribution in [0.25, 0.3) is 0 Å². The van der Waals surface area contributed by atoms with E-state index in [4.69, 9.17) is 4.74 Å². The van der Waals surface area contributed by atoms with Gasteiger partial charge in [-0.1, -0.05) is 6.07 Å². The van der Waals surface area contributed by atoms with E-state index in [9.17, 15) is 4.79 Å². The predicted molar refractivity (Wildman–Crippen MR) is 81.5 cm³/mol. The summed E-state index contributed by atoms with van der Waals surface area (Å²) in [5.41, 5.74) is 3.67. The van der Waals surface area contributed by atoms with Gasteiger partial charge in [0, 0.05) is 30.4 Å². The fraction of sp³-hybridized carbons (Fsp3) is 0.375. The van der Waals surface area contributed by atoms with Crippen molar-refractivity contribution < 1.29 is 9.53 Å². The zero-order valence-corrected chi connectivity index (χ0v) is 12.9. The van der Waals surface area contributed by atoms with Gasteiger partial charge in [-0.25, -0.2) is 0 Å². The van der Waals surface area contributed by atoms with Crippen LogP contribution >= 0.6 is 0 Å². The quantitative estimate of drug-likeness (QED) is 0.918. The van der Waals surface area contributed by atoms with Crippen molar-refractivity contribution in [2.24, 2.45) is 7.05 Å². The Morgan fingerprint density at radius 2 is 2.14 bits per heavy atom. The number of carbonyl (C=O) groups excluding carboxylic acids is 1. The van der Waals surface area contributed by atoms with Gasteiger partial charge in [-0.05, 0) is 39.0 Å². The second-order valence-electron chi connectivity index (χ2n) is 4.92. The average molecular weight is 287 g/mol. The smallest absolute Gasteiger partial charge is 0.251 e. The number of hydrogen-bond donors (Lipinski definition) is 1. The Morgan fingerprint density at radius 3 is 2.76 bits per heavy atom. The summed E-state index contributed by atoms with van der Waals surface area (Å²) in [6.45, 7) is 6.92. The minimum Gasteiger partial charge on any atom is -0.494 e. The maximum atomic E-state index is 12.2. The first-order valence-corrected chi connectivity index (χ1v) is 7.03. The van der Waals surface area contributed by atoms with Crippen LogP contribution < -0.4 is 10.1 Å². The molecule has 0 unspecified atom stereocenters. The molecule has 0 aliphatic heterocycles. The zero-order chi connectivity index (χ0) is 15.4. The lowest BCUT2D eigenvalue weighted by Crippen LogP contribution is -2.23. The molecule has 1 aromatic carbocycles. The molecule has 0 fully saturated rings. The molecule has 0 aliphatic carbocycles. The van der Waals surface area contributed by atoms with Crippen LogP contribution in [0.4, 0.5) is 0 Å². The number of aryl methyl sites for hydroxylation is 2. The average Bonchev–Trinajstić information content (AvgIpc) is 2.70. The van der Waals surface area contributed by atoms with Crippen LogP contribution in [-0.4, -0.2) is 22.3 Å². The van der Waals surface area contributed by atoms with Gasteiger partial charge < -0.3 is 10.1 Å². The van der Waals surface area contributed by atoms with Crippen molar-refractivity contribution in [2.45, 2.75) is 27.3 Å².